The van der Waals surface area contributed by atoms with Gasteiger partial charge in [0.2, 0.25) is 11.8 Å². The Morgan fingerprint density at radius 1 is 1.09 bits per heavy atom. The zero-order valence-corrected chi connectivity index (χ0v) is 19.3. The van der Waals surface area contributed by atoms with Gasteiger partial charge in [-0.15, -0.1) is 23.2 Å². The van der Waals surface area contributed by atoms with Crippen LogP contribution in [0.3, 0.4) is 0 Å². The molecule has 0 heterocycles. The topological polar surface area (TPSA) is 113 Å². The molecule has 33 heavy (non-hydrogen) atoms. The molecule has 0 radical (unpaired) electrons. The van der Waals surface area contributed by atoms with Gasteiger partial charge >= 0.3 is 0 Å². The van der Waals surface area contributed by atoms with Gasteiger partial charge in [0.1, 0.15) is 15.8 Å². The molecule has 0 saturated heterocycles. The van der Waals surface area contributed by atoms with E-state index in [0.29, 0.717) is 12.8 Å². The van der Waals surface area contributed by atoms with Crippen LogP contribution in [0.2, 0.25) is 5.02 Å². The second kappa shape index (κ2) is 10.2. The highest BCUT2D eigenvalue weighted by molar-refractivity contribution is 6.52. The van der Waals surface area contributed by atoms with E-state index in [1.165, 1.54) is 18.2 Å². The molecule has 3 rings (SSSR count). The van der Waals surface area contributed by atoms with Gasteiger partial charge in [-0.25, -0.2) is 8.78 Å². The highest BCUT2D eigenvalue weighted by atomic mass is 35.5. The smallest absolute Gasteiger partial charge is 0.257 e. The maximum absolute atomic E-state index is 14.8. The number of nitrogens with one attached hydrogen (secondary N) is 3. The molecular formula is C21H19Cl3F2N4O3. The number of hydrogen-bond acceptors (Lipinski definition) is 4. The minimum Gasteiger partial charge on any atom is -0.330 e. The first-order valence-corrected chi connectivity index (χ1v) is 10.9. The van der Waals surface area contributed by atoms with Gasteiger partial charge in [0.25, 0.3) is 5.91 Å². The third kappa shape index (κ3) is 6.11. The van der Waals surface area contributed by atoms with E-state index >= 15 is 0 Å². The normalized spacial score (nSPS) is 16.1. The lowest BCUT2D eigenvalue weighted by Crippen LogP contribution is -2.19. The molecule has 2 aromatic carbocycles. The molecule has 1 aliphatic carbocycles. The van der Waals surface area contributed by atoms with E-state index in [-0.39, 0.29) is 34.9 Å². The zero-order valence-electron chi connectivity index (χ0n) is 17.0. The molecule has 5 N–H and O–H groups in total. The van der Waals surface area contributed by atoms with Crippen LogP contribution in [-0.2, 0) is 9.59 Å². The monoisotopic (exact) mass is 518 g/mol. The van der Waals surface area contributed by atoms with E-state index in [9.17, 15) is 23.2 Å². The second-order valence-electron chi connectivity index (χ2n) is 7.38. The lowest BCUT2D eigenvalue weighted by molar-refractivity contribution is -0.117. The van der Waals surface area contributed by atoms with Crippen LogP contribution in [0.1, 0.15) is 29.6 Å². The van der Waals surface area contributed by atoms with Crippen LogP contribution in [0.5, 0.6) is 0 Å². The number of nitrogens with two attached hydrogens (primary N) is 1. The molecule has 3 amide bonds. The number of hydrogen-bond donors (Lipinski definition) is 4. The van der Waals surface area contributed by atoms with Crippen LogP contribution in [0.25, 0.3) is 0 Å². The van der Waals surface area contributed by atoms with Gasteiger partial charge in [-0.3, -0.25) is 14.4 Å². The van der Waals surface area contributed by atoms with Crippen LogP contribution in [0, 0.1) is 17.6 Å². The molecule has 1 saturated carbocycles. The molecule has 0 aliphatic heterocycles. The fraction of sp³-hybridized carbons (Fsp3) is 0.286. The van der Waals surface area contributed by atoms with E-state index in [4.69, 9.17) is 40.5 Å². The number of halogens is 5. The predicted molar refractivity (Wildman–Crippen MR) is 124 cm³/mol. The molecule has 2 aromatic rings. The minimum atomic E-state index is -1.17. The second-order valence-corrected chi connectivity index (χ2v) is 9.33. The van der Waals surface area contributed by atoms with Crippen molar-refractivity contribution in [3.63, 3.8) is 0 Å². The number of amides is 3. The molecule has 0 aromatic heterocycles. The fourth-order valence-electron chi connectivity index (χ4n) is 2.92. The van der Waals surface area contributed by atoms with Crippen molar-refractivity contribution in [1.29, 1.82) is 0 Å². The first kappa shape index (κ1) is 25.2. The number of alkyl halides is 2. The van der Waals surface area contributed by atoms with Gasteiger partial charge in [-0.1, -0.05) is 11.6 Å². The Kier molecular flexibility index (Phi) is 7.79. The van der Waals surface area contributed by atoms with Gasteiger partial charge < -0.3 is 21.7 Å². The summed E-state index contributed by atoms with van der Waals surface area (Å²) in [6, 6.07) is 6.04. The summed E-state index contributed by atoms with van der Waals surface area (Å²) in [5, 5.41) is 7.04. The molecule has 12 heteroatoms. The predicted octanol–water partition coefficient (Wildman–Crippen LogP) is 4.68. The van der Waals surface area contributed by atoms with E-state index < -0.39 is 45.3 Å². The number of carbonyl (C=O) groups is 3. The SMILES string of the molecule is NCCCC(=O)Nc1c(F)ccc(NC(=O)c2cc(NC(=O)C3CC3(Cl)Cl)ccc2Cl)c1F. The summed E-state index contributed by atoms with van der Waals surface area (Å²) in [4.78, 5) is 36.7. The van der Waals surface area contributed by atoms with Crippen molar-refractivity contribution in [3.8, 4) is 0 Å². The van der Waals surface area contributed by atoms with Crippen molar-refractivity contribution in [2.75, 3.05) is 22.5 Å². The highest BCUT2D eigenvalue weighted by Crippen LogP contribution is 2.53. The molecule has 0 spiro atoms. The van der Waals surface area contributed by atoms with Crippen molar-refractivity contribution in [1.82, 2.24) is 0 Å². The quantitative estimate of drug-likeness (QED) is 0.379. The Balaban J connectivity index is 1.76. The van der Waals surface area contributed by atoms with E-state index in [1.54, 1.807) is 0 Å². The molecule has 1 atom stereocenters. The van der Waals surface area contributed by atoms with Crippen LogP contribution >= 0.6 is 34.8 Å². The highest BCUT2D eigenvalue weighted by Gasteiger charge is 2.56. The molecule has 176 valence electrons. The van der Waals surface area contributed by atoms with Crippen molar-refractivity contribution >= 4 is 69.6 Å². The maximum atomic E-state index is 14.8. The van der Waals surface area contributed by atoms with E-state index in [2.05, 4.69) is 16.0 Å². The zero-order chi connectivity index (χ0) is 24.3. The van der Waals surface area contributed by atoms with Crippen molar-refractivity contribution in [2.45, 2.75) is 23.6 Å². The lowest BCUT2D eigenvalue weighted by atomic mass is 10.1. The first-order valence-electron chi connectivity index (χ1n) is 9.81. The maximum Gasteiger partial charge on any atom is 0.257 e. The third-order valence-electron chi connectivity index (χ3n) is 4.83. The van der Waals surface area contributed by atoms with Gasteiger partial charge in [-0.2, -0.15) is 0 Å². The molecule has 7 nitrogen and oxygen atoms in total. The summed E-state index contributed by atoms with van der Waals surface area (Å²) < 4.78 is 27.8. The fourth-order valence-corrected chi connectivity index (χ4v) is 3.63. The van der Waals surface area contributed by atoms with Gasteiger partial charge in [0.05, 0.1) is 22.2 Å². The van der Waals surface area contributed by atoms with Crippen LogP contribution in [0.15, 0.2) is 30.3 Å². The lowest BCUT2D eigenvalue weighted by Gasteiger charge is -2.13. The third-order valence-corrected chi connectivity index (χ3v) is 6.00. The summed E-state index contributed by atoms with van der Waals surface area (Å²) in [7, 11) is 0. The van der Waals surface area contributed by atoms with E-state index in [1.807, 2.05) is 0 Å². The Morgan fingerprint density at radius 3 is 2.42 bits per heavy atom. The number of anilines is 3. The summed E-state index contributed by atoms with van der Waals surface area (Å²) in [5.74, 6) is -4.63. The van der Waals surface area contributed by atoms with Gasteiger partial charge in [-0.05, 0) is 49.7 Å². The average Bonchev–Trinajstić information content (AvgIpc) is 3.41. The van der Waals surface area contributed by atoms with Crippen molar-refractivity contribution in [3.05, 3.63) is 52.6 Å². The van der Waals surface area contributed by atoms with Gasteiger partial charge in [0, 0.05) is 12.1 Å². The Hall–Kier alpha value is -2.46. The number of rotatable bonds is 8. The van der Waals surface area contributed by atoms with Crippen molar-refractivity contribution < 1.29 is 23.2 Å². The molecule has 1 unspecified atom stereocenters. The summed E-state index contributed by atoms with van der Waals surface area (Å²) >= 11 is 17.9. The first-order chi connectivity index (χ1) is 15.5. The molecular weight excluding hydrogens is 501 g/mol. The summed E-state index contributed by atoms with van der Waals surface area (Å²) in [5.41, 5.74) is 4.41. The van der Waals surface area contributed by atoms with E-state index in [0.717, 1.165) is 12.1 Å². The average molecular weight is 520 g/mol. The standard InChI is InChI=1S/C21H19Cl3F2N4O3/c22-13-4-3-10(28-20(33)12-9-21(12,23)24)8-11(13)19(32)29-15-6-5-14(25)18(17(15)26)30-16(31)2-1-7-27/h3-6,8,12H,1-2,7,9,27H2,(H,28,33)(H,29,32)(H,30,31). The Bertz CT molecular complexity index is 1110. The summed E-state index contributed by atoms with van der Waals surface area (Å²) in [6.07, 6.45) is 0.627. The van der Waals surface area contributed by atoms with Crippen molar-refractivity contribution in [2.24, 2.45) is 11.7 Å². The molecule has 0 bridgehead atoms. The molecule has 1 fully saturated rings. The van der Waals surface area contributed by atoms with Crippen LogP contribution in [-0.4, -0.2) is 28.6 Å². The Morgan fingerprint density at radius 2 is 1.79 bits per heavy atom. The Labute approximate surface area is 202 Å². The van der Waals surface area contributed by atoms with Crippen LogP contribution in [0.4, 0.5) is 25.8 Å². The summed E-state index contributed by atoms with van der Waals surface area (Å²) in [6.45, 7) is 0.244. The minimum absolute atomic E-state index is 0.0184. The number of carbonyl (C=O) groups excluding carboxylic acids is 3. The largest absolute Gasteiger partial charge is 0.330 e. The molecule has 1 aliphatic rings. The van der Waals surface area contributed by atoms with Crippen LogP contribution < -0.4 is 21.7 Å². The van der Waals surface area contributed by atoms with Gasteiger partial charge in [0.15, 0.2) is 5.82 Å². The number of benzene rings is 2.